The fourth-order valence-corrected chi connectivity index (χ4v) is 1.88. The second-order valence-electron chi connectivity index (χ2n) is 3.94. The number of aldehydes is 1. The molecule has 0 fully saturated rings. The number of carbonyl (C=O) groups excluding carboxylic acids is 1. The molecule has 0 aliphatic carbocycles. The van der Waals surface area contributed by atoms with Gasteiger partial charge in [-0.05, 0) is 46.5 Å². The smallest absolute Gasteiger partial charge is 0.181 e. The van der Waals surface area contributed by atoms with Gasteiger partial charge in [-0.15, -0.1) is 0 Å². The molecular formula is C16H22N2O2S. The Kier molecular flexibility index (Phi) is 10.8. The summed E-state index contributed by atoms with van der Waals surface area (Å²) in [5.41, 5.74) is 0.972. The number of rotatable bonds is 3. The van der Waals surface area contributed by atoms with Crippen molar-refractivity contribution in [2.24, 2.45) is 4.99 Å². The predicted molar refractivity (Wildman–Crippen MR) is 89.0 cm³/mol. The van der Waals surface area contributed by atoms with E-state index in [9.17, 15) is 0 Å². The zero-order valence-corrected chi connectivity index (χ0v) is 13.8. The normalized spacial score (nSPS) is 10.3. The molecule has 0 saturated heterocycles. The minimum Gasteiger partial charge on any atom is -0.449 e. The van der Waals surface area contributed by atoms with Gasteiger partial charge < -0.3 is 9.21 Å². The standard InChI is InChI=1S/C9H11NS.C5H7NO.C2H4O/c1-8(10-2)11-9-6-4-3-5-7-9;1-4-5(2)7-3-6-4;1-2-3/h3-8H,2H2,1H3;3H,1-2H3;2H,1H3. The Bertz CT molecular complexity index is 496. The molecule has 1 aromatic carbocycles. The summed E-state index contributed by atoms with van der Waals surface area (Å²) in [4.78, 5) is 17.8. The van der Waals surface area contributed by atoms with Gasteiger partial charge in [-0.3, -0.25) is 4.99 Å². The summed E-state index contributed by atoms with van der Waals surface area (Å²) < 4.78 is 4.85. The van der Waals surface area contributed by atoms with Crippen molar-refractivity contribution in [3.05, 3.63) is 48.2 Å². The van der Waals surface area contributed by atoms with Crippen molar-refractivity contribution in [3.8, 4) is 0 Å². The van der Waals surface area contributed by atoms with Crippen LogP contribution >= 0.6 is 11.8 Å². The van der Waals surface area contributed by atoms with Gasteiger partial charge in [-0.25, -0.2) is 4.98 Å². The number of aliphatic imine (C=N–C) groups is 1. The van der Waals surface area contributed by atoms with E-state index in [1.165, 1.54) is 18.2 Å². The summed E-state index contributed by atoms with van der Waals surface area (Å²) in [6, 6.07) is 10.2. The first-order valence-electron chi connectivity index (χ1n) is 6.49. The number of aryl methyl sites for hydroxylation is 2. The number of thioether (sulfide) groups is 1. The lowest BCUT2D eigenvalue weighted by molar-refractivity contribution is -0.106. The van der Waals surface area contributed by atoms with Gasteiger partial charge in [0.05, 0.1) is 11.1 Å². The Labute approximate surface area is 130 Å². The SMILES string of the molecule is C=NC(C)Sc1ccccc1.CC=O.Cc1ncoc1C. The number of carbonyl (C=O) groups is 1. The quantitative estimate of drug-likeness (QED) is 0.481. The van der Waals surface area contributed by atoms with Crippen LogP contribution in [0.5, 0.6) is 0 Å². The zero-order valence-electron chi connectivity index (χ0n) is 12.9. The van der Waals surface area contributed by atoms with Gasteiger partial charge >= 0.3 is 0 Å². The zero-order chi connectivity index (χ0) is 16.1. The van der Waals surface area contributed by atoms with Crippen LogP contribution in [0.2, 0.25) is 0 Å². The van der Waals surface area contributed by atoms with E-state index in [4.69, 9.17) is 9.21 Å². The van der Waals surface area contributed by atoms with Crippen molar-refractivity contribution < 1.29 is 9.21 Å². The van der Waals surface area contributed by atoms with Crippen LogP contribution in [0.15, 0.2) is 51.0 Å². The molecule has 4 nitrogen and oxygen atoms in total. The van der Waals surface area contributed by atoms with Crippen molar-refractivity contribution in [2.45, 2.75) is 38.0 Å². The summed E-state index contributed by atoms with van der Waals surface area (Å²) in [5, 5.41) is 0.248. The molecule has 5 heteroatoms. The number of hydrogen-bond acceptors (Lipinski definition) is 5. The Morgan fingerprint density at radius 1 is 1.33 bits per heavy atom. The second kappa shape index (κ2) is 11.9. The summed E-state index contributed by atoms with van der Waals surface area (Å²) in [6.45, 7) is 10.8. The van der Waals surface area contributed by atoms with E-state index in [1.54, 1.807) is 11.8 Å². The molecule has 0 saturated carbocycles. The van der Waals surface area contributed by atoms with Crippen molar-refractivity contribution in [1.29, 1.82) is 0 Å². The Morgan fingerprint density at radius 2 is 1.90 bits per heavy atom. The maximum absolute atomic E-state index is 8.81. The molecule has 1 atom stereocenters. The van der Waals surface area contributed by atoms with Crippen molar-refractivity contribution >= 4 is 24.8 Å². The first-order valence-corrected chi connectivity index (χ1v) is 7.37. The third-order valence-electron chi connectivity index (χ3n) is 2.29. The van der Waals surface area contributed by atoms with Gasteiger partial charge in [0.25, 0.3) is 0 Å². The summed E-state index contributed by atoms with van der Waals surface area (Å²) in [5.74, 6) is 0.903. The van der Waals surface area contributed by atoms with E-state index >= 15 is 0 Å². The first kappa shape index (κ1) is 19.1. The van der Waals surface area contributed by atoms with Crippen LogP contribution in [-0.4, -0.2) is 23.4 Å². The minimum absolute atomic E-state index is 0.248. The van der Waals surface area contributed by atoms with Gasteiger partial charge in [-0.2, -0.15) is 0 Å². The fraction of sp³-hybridized carbons (Fsp3) is 0.312. The highest BCUT2D eigenvalue weighted by Crippen LogP contribution is 2.22. The number of hydrogen-bond donors (Lipinski definition) is 0. The monoisotopic (exact) mass is 306 g/mol. The van der Waals surface area contributed by atoms with Gasteiger partial charge in [0.15, 0.2) is 6.39 Å². The Balaban J connectivity index is 0.000000342. The van der Waals surface area contributed by atoms with E-state index in [0.717, 1.165) is 17.7 Å². The molecule has 1 unspecified atom stereocenters. The van der Waals surface area contributed by atoms with Crippen LogP contribution < -0.4 is 0 Å². The van der Waals surface area contributed by atoms with Crippen molar-refractivity contribution in [2.75, 3.05) is 0 Å². The summed E-state index contributed by atoms with van der Waals surface area (Å²) in [7, 11) is 0. The summed E-state index contributed by atoms with van der Waals surface area (Å²) >= 11 is 1.71. The molecule has 0 aliphatic rings. The van der Waals surface area contributed by atoms with E-state index in [0.29, 0.717) is 0 Å². The van der Waals surface area contributed by atoms with E-state index in [1.807, 2.05) is 39.0 Å². The van der Waals surface area contributed by atoms with Gasteiger partial charge in [-0.1, -0.05) is 30.0 Å². The molecule has 0 N–H and O–H groups in total. The lowest BCUT2D eigenvalue weighted by atomic mass is 10.4. The maximum Gasteiger partial charge on any atom is 0.181 e. The van der Waals surface area contributed by atoms with Crippen LogP contribution in [0.4, 0.5) is 0 Å². The molecule has 1 aromatic heterocycles. The topological polar surface area (TPSA) is 55.5 Å². The molecule has 2 aromatic rings. The summed E-state index contributed by atoms with van der Waals surface area (Å²) in [6.07, 6.45) is 2.20. The van der Waals surface area contributed by atoms with Gasteiger partial charge in [0.1, 0.15) is 12.0 Å². The second-order valence-corrected chi connectivity index (χ2v) is 5.33. The van der Waals surface area contributed by atoms with E-state index in [-0.39, 0.29) is 5.37 Å². The lowest BCUT2D eigenvalue weighted by Gasteiger charge is -2.03. The molecule has 0 amide bonds. The average molecular weight is 306 g/mol. The van der Waals surface area contributed by atoms with Crippen LogP contribution in [0.25, 0.3) is 0 Å². The lowest BCUT2D eigenvalue weighted by Crippen LogP contribution is -1.87. The molecule has 0 radical (unpaired) electrons. The first-order chi connectivity index (χ1) is 10.0. The number of aromatic nitrogens is 1. The van der Waals surface area contributed by atoms with Crippen LogP contribution in [0.3, 0.4) is 0 Å². The largest absolute Gasteiger partial charge is 0.449 e. The molecule has 1 heterocycles. The average Bonchev–Trinajstić information content (AvgIpc) is 2.85. The van der Waals surface area contributed by atoms with Crippen molar-refractivity contribution in [3.63, 3.8) is 0 Å². The van der Waals surface area contributed by atoms with Gasteiger partial charge in [0.2, 0.25) is 0 Å². The van der Waals surface area contributed by atoms with Crippen LogP contribution in [0, 0.1) is 13.8 Å². The highest BCUT2D eigenvalue weighted by molar-refractivity contribution is 7.99. The Hall–Kier alpha value is -1.88. The van der Waals surface area contributed by atoms with Gasteiger partial charge in [0, 0.05) is 4.90 Å². The predicted octanol–water partition coefficient (Wildman–Crippen LogP) is 4.32. The number of nitrogens with zero attached hydrogens (tertiary/aromatic N) is 2. The minimum atomic E-state index is 0.248. The van der Waals surface area contributed by atoms with E-state index in [2.05, 4.69) is 28.8 Å². The highest BCUT2D eigenvalue weighted by atomic mass is 32.2. The van der Waals surface area contributed by atoms with Crippen LogP contribution in [-0.2, 0) is 4.79 Å². The molecular weight excluding hydrogens is 284 g/mol. The molecule has 114 valence electrons. The highest BCUT2D eigenvalue weighted by Gasteiger charge is 1.97. The van der Waals surface area contributed by atoms with E-state index < -0.39 is 0 Å². The maximum atomic E-state index is 8.81. The Morgan fingerprint density at radius 3 is 2.24 bits per heavy atom. The molecule has 2 rings (SSSR count). The molecule has 0 aliphatic heterocycles. The molecule has 0 bridgehead atoms. The number of oxazole rings is 1. The fourth-order valence-electron chi connectivity index (χ4n) is 1.09. The third-order valence-corrected chi connectivity index (χ3v) is 3.33. The van der Waals surface area contributed by atoms with Crippen molar-refractivity contribution in [1.82, 2.24) is 4.98 Å². The number of benzene rings is 1. The van der Waals surface area contributed by atoms with Crippen LogP contribution in [0.1, 0.15) is 25.3 Å². The molecule has 0 spiro atoms. The third kappa shape index (κ3) is 9.62. The molecule has 21 heavy (non-hydrogen) atoms.